The van der Waals surface area contributed by atoms with Gasteiger partial charge >= 0.3 is 0 Å². The number of benzene rings is 5. The molecule has 0 aliphatic rings. The van der Waals surface area contributed by atoms with Crippen LogP contribution in [0.2, 0.25) is 0 Å². The molecule has 2 N–H and O–H groups in total. The topological polar surface area (TPSA) is 57.8 Å². The predicted octanol–water partition coefficient (Wildman–Crippen LogP) is 11.6. The maximum atomic E-state index is 11.8. The minimum absolute atomic E-state index is 0.00960. The monoisotopic (exact) mass is 690 g/mol. The number of phenolic OH excluding ortho intramolecular Hbond substituents is 2. The zero-order valence-electron chi connectivity index (χ0n) is 27.1. The van der Waals surface area contributed by atoms with Crippen LogP contribution in [-0.2, 0) is 16.6 Å². The number of phenols is 2. The van der Waals surface area contributed by atoms with E-state index >= 15 is 0 Å². The fraction of sp³-hybridized carbons (Fsp3) is 0.225. The first-order chi connectivity index (χ1) is 21.8. The van der Waals surface area contributed by atoms with Crippen LogP contribution in [0.1, 0.15) is 63.8 Å². The molecule has 4 nitrogen and oxygen atoms in total. The smallest absolute Gasteiger partial charge is 0.148 e. The Balaban J connectivity index is 1.42. The van der Waals surface area contributed by atoms with Gasteiger partial charge in [0.15, 0.2) is 0 Å². The Morgan fingerprint density at radius 1 is 0.717 bits per heavy atom. The third-order valence-corrected chi connectivity index (χ3v) is 10.2. The molecule has 234 valence electrons. The summed E-state index contributed by atoms with van der Waals surface area (Å²) in [6.45, 7) is 13.4. The minimum atomic E-state index is 0.00960. The zero-order chi connectivity index (χ0) is 32.8. The Hall–Kier alpha value is -4.00. The lowest BCUT2D eigenvalue weighted by molar-refractivity contribution is 0.467. The molecule has 1 heterocycles. The number of aliphatic imine (C=N–C) groups is 1. The molecule has 0 saturated carbocycles. The summed E-state index contributed by atoms with van der Waals surface area (Å²) >= 11 is 5.01. The number of para-hydroxylation sites is 3. The van der Waals surface area contributed by atoms with Crippen LogP contribution in [0.4, 0.5) is 5.69 Å². The lowest BCUT2D eigenvalue weighted by Crippen LogP contribution is -2.10. The molecule has 5 aromatic carbocycles. The highest BCUT2D eigenvalue weighted by Gasteiger charge is 2.22. The number of thioether (sulfide) groups is 1. The van der Waals surface area contributed by atoms with Crippen molar-refractivity contribution >= 4 is 61.4 Å². The molecule has 0 aliphatic carbocycles. The predicted molar refractivity (Wildman–Crippen MR) is 199 cm³/mol. The van der Waals surface area contributed by atoms with E-state index in [1.54, 1.807) is 18.0 Å². The van der Waals surface area contributed by atoms with Gasteiger partial charge in [-0.25, -0.2) is 0 Å². The van der Waals surface area contributed by atoms with Crippen molar-refractivity contribution in [3.05, 3.63) is 124 Å². The van der Waals surface area contributed by atoms with E-state index in [4.69, 9.17) is 4.99 Å². The number of fused-ring (bicyclic) bond motifs is 3. The number of nitrogens with zero attached hydrogens (tertiary/aromatic N) is 2. The van der Waals surface area contributed by atoms with E-state index in [2.05, 4.69) is 98.4 Å². The molecule has 0 saturated heterocycles. The van der Waals surface area contributed by atoms with Crippen molar-refractivity contribution in [2.24, 2.45) is 4.99 Å². The van der Waals surface area contributed by atoms with E-state index in [1.807, 2.05) is 60.7 Å². The number of aromatic nitrogens is 1. The quantitative estimate of drug-likeness (QED) is 0.135. The van der Waals surface area contributed by atoms with Gasteiger partial charge in [0.25, 0.3) is 0 Å². The molecule has 6 aromatic rings. The Labute approximate surface area is 284 Å². The minimum Gasteiger partial charge on any atom is -0.506 e. The van der Waals surface area contributed by atoms with E-state index in [9.17, 15) is 10.2 Å². The second-order valence-corrected chi connectivity index (χ2v) is 15.6. The molecule has 0 aliphatic heterocycles. The largest absolute Gasteiger partial charge is 0.506 e. The van der Waals surface area contributed by atoms with Crippen molar-refractivity contribution in [3.8, 4) is 17.2 Å². The van der Waals surface area contributed by atoms with Gasteiger partial charge in [0, 0.05) is 38.8 Å². The van der Waals surface area contributed by atoms with Crippen LogP contribution in [-0.4, -0.2) is 21.0 Å². The molecule has 6 heteroatoms. The van der Waals surface area contributed by atoms with Crippen LogP contribution in [0.25, 0.3) is 27.5 Å². The van der Waals surface area contributed by atoms with Gasteiger partial charge < -0.3 is 14.8 Å². The summed E-state index contributed by atoms with van der Waals surface area (Å²) < 4.78 is 2.85. The number of halogens is 1. The van der Waals surface area contributed by atoms with Crippen molar-refractivity contribution in [1.82, 2.24) is 4.57 Å². The first-order valence-corrected chi connectivity index (χ1v) is 17.2. The highest BCUT2D eigenvalue weighted by molar-refractivity contribution is 9.10. The summed E-state index contributed by atoms with van der Waals surface area (Å²) in [6.07, 6.45) is 1.73. The Kier molecular flexibility index (Phi) is 8.55. The van der Waals surface area contributed by atoms with Gasteiger partial charge in [-0.1, -0.05) is 84.0 Å². The molecule has 6 rings (SSSR count). The SMILES string of the molecule is CC(C)(C)c1ccc2c(c1)c1cc(C(C)(C)C)ccc1n2-c1cccc(/C=N/c2ccccc2SCc2cccc(Br)c2O)c1O. The standard InChI is InChI=1S/C40H39BrN2O2S/c1-39(2,3)27-17-19-33-29(21-27)30-22-28(40(4,5)6)18-20-34(30)43(33)35-15-10-11-25(38(35)45)23-42-32-14-7-8-16-36(32)46-24-26-12-9-13-31(41)37(26)44/h7-23,44-45H,24H2,1-6H3/b42-23+. The Morgan fingerprint density at radius 2 is 1.33 bits per heavy atom. The van der Waals surface area contributed by atoms with Gasteiger partial charge in [0.05, 0.1) is 26.9 Å². The molecular formula is C40H39BrN2O2S. The molecular weight excluding hydrogens is 652 g/mol. The fourth-order valence-corrected chi connectivity index (χ4v) is 7.10. The highest BCUT2D eigenvalue weighted by atomic mass is 79.9. The average molecular weight is 692 g/mol. The zero-order valence-corrected chi connectivity index (χ0v) is 29.5. The van der Waals surface area contributed by atoms with Crippen molar-refractivity contribution in [2.75, 3.05) is 0 Å². The van der Waals surface area contributed by atoms with E-state index in [-0.39, 0.29) is 22.3 Å². The van der Waals surface area contributed by atoms with Crippen molar-refractivity contribution in [2.45, 2.75) is 63.0 Å². The molecule has 0 spiro atoms. The van der Waals surface area contributed by atoms with Crippen LogP contribution in [0, 0.1) is 0 Å². The van der Waals surface area contributed by atoms with Gasteiger partial charge in [-0.05, 0) is 92.5 Å². The lowest BCUT2D eigenvalue weighted by atomic mass is 9.85. The average Bonchev–Trinajstić information content (AvgIpc) is 3.34. The van der Waals surface area contributed by atoms with Gasteiger partial charge in [0.1, 0.15) is 11.5 Å². The van der Waals surface area contributed by atoms with Crippen LogP contribution >= 0.6 is 27.7 Å². The van der Waals surface area contributed by atoms with E-state index in [0.29, 0.717) is 21.5 Å². The molecule has 0 radical (unpaired) electrons. The summed E-state index contributed by atoms with van der Waals surface area (Å²) in [7, 11) is 0. The van der Waals surface area contributed by atoms with Gasteiger partial charge in [-0.3, -0.25) is 4.99 Å². The molecule has 0 amide bonds. The third-order valence-electron chi connectivity index (χ3n) is 8.45. The van der Waals surface area contributed by atoms with Gasteiger partial charge in [0.2, 0.25) is 0 Å². The van der Waals surface area contributed by atoms with Crippen molar-refractivity contribution < 1.29 is 10.2 Å². The van der Waals surface area contributed by atoms with Crippen LogP contribution in [0.5, 0.6) is 11.5 Å². The highest BCUT2D eigenvalue weighted by Crippen LogP contribution is 2.40. The molecule has 0 unspecified atom stereocenters. The van der Waals surface area contributed by atoms with Crippen LogP contribution < -0.4 is 0 Å². The molecule has 0 atom stereocenters. The third kappa shape index (κ3) is 6.21. The normalized spacial score (nSPS) is 12.5. The van der Waals surface area contributed by atoms with Crippen molar-refractivity contribution in [1.29, 1.82) is 0 Å². The van der Waals surface area contributed by atoms with Crippen molar-refractivity contribution in [3.63, 3.8) is 0 Å². The van der Waals surface area contributed by atoms with E-state index < -0.39 is 0 Å². The number of hydrogen-bond acceptors (Lipinski definition) is 4. The lowest BCUT2D eigenvalue weighted by Gasteiger charge is -2.19. The van der Waals surface area contributed by atoms with Crippen LogP contribution in [0.3, 0.4) is 0 Å². The first-order valence-electron chi connectivity index (χ1n) is 15.5. The fourth-order valence-electron chi connectivity index (χ4n) is 5.71. The Morgan fingerprint density at radius 3 is 1.96 bits per heavy atom. The van der Waals surface area contributed by atoms with E-state index in [0.717, 1.165) is 27.2 Å². The van der Waals surface area contributed by atoms with Gasteiger partial charge in [-0.2, -0.15) is 0 Å². The maximum absolute atomic E-state index is 11.8. The second-order valence-electron chi connectivity index (χ2n) is 13.8. The second kappa shape index (κ2) is 12.3. The molecule has 46 heavy (non-hydrogen) atoms. The summed E-state index contributed by atoms with van der Waals surface area (Å²) in [5.41, 5.74) is 7.66. The summed E-state index contributed by atoms with van der Waals surface area (Å²) in [5.74, 6) is 1.03. The summed E-state index contributed by atoms with van der Waals surface area (Å²) in [6, 6.07) is 32.8. The molecule has 0 bridgehead atoms. The number of aromatic hydroxyl groups is 2. The number of hydrogen-bond donors (Lipinski definition) is 2. The Bertz CT molecular complexity index is 2040. The summed E-state index contributed by atoms with van der Waals surface area (Å²) in [5, 5.41) is 24.5. The molecule has 1 aromatic heterocycles. The molecule has 0 fully saturated rings. The van der Waals surface area contributed by atoms with Crippen LogP contribution in [0.15, 0.2) is 111 Å². The maximum Gasteiger partial charge on any atom is 0.148 e. The van der Waals surface area contributed by atoms with E-state index in [1.165, 1.54) is 21.9 Å². The first kappa shape index (κ1) is 32.0. The summed E-state index contributed by atoms with van der Waals surface area (Å²) in [4.78, 5) is 5.81. The van der Waals surface area contributed by atoms with Gasteiger partial charge in [-0.15, -0.1) is 11.8 Å². The number of rotatable bonds is 6.